The van der Waals surface area contributed by atoms with Crippen molar-refractivity contribution < 1.29 is 9.59 Å². The second-order valence-corrected chi connectivity index (χ2v) is 4.53. The van der Waals surface area contributed by atoms with Crippen LogP contribution in [0, 0.1) is 5.92 Å². The van der Waals surface area contributed by atoms with E-state index in [9.17, 15) is 9.59 Å². The number of carbonyl (C=O) groups excluding carboxylic acids is 2. The monoisotopic (exact) mass is 226 g/mol. The molecular formula is C14H26O2. The highest BCUT2D eigenvalue weighted by Crippen LogP contribution is 2.19. The number of ketones is 1. The number of aldehydes is 1. The summed E-state index contributed by atoms with van der Waals surface area (Å²) in [6, 6.07) is 0. The minimum absolute atomic E-state index is 0.113. The number of Topliss-reactive ketones (excluding diaryl/α,β-unsaturated/α-hetero) is 1. The van der Waals surface area contributed by atoms with Crippen molar-refractivity contribution in [3.05, 3.63) is 0 Å². The Morgan fingerprint density at radius 1 is 1.00 bits per heavy atom. The van der Waals surface area contributed by atoms with Crippen molar-refractivity contribution in [3.63, 3.8) is 0 Å². The number of unbranched alkanes of at least 4 members (excludes halogenated alkanes) is 4. The van der Waals surface area contributed by atoms with E-state index in [1.165, 1.54) is 19.3 Å². The maximum atomic E-state index is 11.7. The lowest BCUT2D eigenvalue weighted by Crippen LogP contribution is -2.15. The Balaban J connectivity index is 3.89. The molecule has 0 N–H and O–H groups in total. The minimum atomic E-state index is 0.113. The third-order valence-electron chi connectivity index (χ3n) is 3.05. The standard InChI is InChI=1S/C14H26O2/c1-3-5-7-8-10-13(9-6-4-2)14(16)11-12-15/h12-13H,3-11H2,1-2H3. The summed E-state index contributed by atoms with van der Waals surface area (Å²) in [5.74, 6) is 0.293. The molecule has 0 radical (unpaired) electrons. The first-order chi connectivity index (χ1) is 7.76. The molecule has 1 unspecified atom stereocenters. The van der Waals surface area contributed by atoms with E-state index in [-0.39, 0.29) is 18.1 Å². The summed E-state index contributed by atoms with van der Waals surface area (Å²) in [5, 5.41) is 0. The molecule has 0 saturated carbocycles. The molecule has 0 aromatic rings. The van der Waals surface area contributed by atoms with Crippen LogP contribution in [0.5, 0.6) is 0 Å². The number of carbonyl (C=O) groups is 2. The van der Waals surface area contributed by atoms with E-state index >= 15 is 0 Å². The summed E-state index contributed by atoms with van der Waals surface area (Å²) in [6.45, 7) is 4.32. The van der Waals surface area contributed by atoms with Crippen molar-refractivity contribution >= 4 is 12.1 Å². The van der Waals surface area contributed by atoms with E-state index in [0.29, 0.717) is 0 Å². The Morgan fingerprint density at radius 2 is 1.62 bits per heavy atom. The molecule has 0 heterocycles. The summed E-state index contributed by atoms with van der Waals surface area (Å²) >= 11 is 0. The highest BCUT2D eigenvalue weighted by atomic mass is 16.1. The van der Waals surface area contributed by atoms with Crippen molar-refractivity contribution in [2.45, 2.75) is 71.6 Å². The SMILES string of the molecule is CCCCCCC(CCCC)C(=O)CC=O. The van der Waals surface area contributed by atoms with Crippen molar-refractivity contribution in [2.75, 3.05) is 0 Å². The molecule has 0 rings (SSSR count). The maximum Gasteiger partial charge on any atom is 0.143 e. The van der Waals surface area contributed by atoms with Crippen molar-refractivity contribution in [3.8, 4) is 0 Å². The van der Waals surface area contributed by atoms with Gasteiger partial charge in [-0.3, -0.25) is 4.79 Å². The first-order valence-electron chi connectivity index (χ1n) is 6.72. The average molecular weight is 226 g/mol. The molecule has 2 nitrogen and oxygen atoms in total. The van der Waals surface area contributed by atoms with Gasteiger partial charge in [0.05, 0.1) is 6.42 Å². The summed E-state index contributed by atoms with van der Waals surface area (Å²) in [7, 11) is 0. The molecule has 0 aliphatic heterocycles. The van der Waals surface area contributed by atoms with Crippen LogP contribution in [0.2, 0.25) is 0 Å². The van der Waals surface area contributed by atoms with Crippen LogP contribution in [-0.2, 0) is 9.59 Å². The molecule has 94 valence electrons. The molecule has 1 atom stereocenters. The van der Waals surface area contributed by atoms with Gasteiger partial charge in [-0.2, -0.15) is 0 Å². The molecule has 0 aliphatic rings. The van der Waals surface area contributed by atoms with Crippen molar-refractivity contribution in [1.82, 2.24) is 0 Å². The Morgan fingerprint density at radius 3 is 2.19 bits per heavy atom. The van der Waals surface area contributed by atoms with E-state index in [0.717, 1.165) is 38.4 Å². The van der Waals surface area contributed by atoms with Gasteiger partial charge in [0.2, 0.25) is 0 Å². The van der Waals surface area contributed by atoms with Gasteiger partial charge in [0.1, 0.15) is 12.1 Å². The quantitative estimate of drug-likeness (QED) is 0.304. The number of hydrogen-bond acceptors (Lipinski definition) is 2. The van der Waals surface area contributed by atoms with Crippen LogP contribution in [0.15, 0.2) is 0 Å². The fourth-order valence-corrected chi connectivity index (χ4v) is 1.98. The van der Waals surface area contributed by atoms with Crippen LogP contribution in [0.3, 0.4) is 0 Å². The van der Waals surface area contributed by atoms with Gasteiger partial charge in [-0.05, 0) is 12.8 Å². The first kappa shape index (κ1) is 15.3. The predicted molar refractivity (Wildman–Crippen MR) is 67.5 cm³/mol. The molecule has 2 heteroatoms. The fourth-order valence-electron chi connectivity index (χ4n) is 1.98. The van der Waals surface area contributed by atoms with Crippen LogP contribution >= 0.6 is 0 Å². The third-order valence-corrected chi connectivity index (χ3v) is 3.05. The summed E-state index contributed by atoms with van der Waals surface area (Å²) in [6.07, 6.45) is 9.85. The largest absolute Gasteiger partial charge is 0.303 e. The van der Waals surface area contributed by atoms with E-state index in [1.807, 2.05) is 0 Å². The molecule has 0 amide bonds. The summed E-state index contributed by atoms with van der Waals surface area (Å²) < 4.78 is 0. The Bertz CT molecular complexity index is 187. The lowest BCUT2D eigenvalue weighted by atomic mass is 9.90. The second-order valence-electron chi connectivity index (χ2n) is 4.53. The van der Waals surface area contributed by atoms with Gasteiger partial charge in [0.15, 0.2) is 0 Å². The molecule has 0 bridgehead atoms. The molecule has 0 fully saturated rings. The van der Waals surface area contributed by atoms with E-state index < -0.39 is 0 Å². The maximum absolute atomic E-state index is 11.7. The van der Waals surface area contributed by atoms with Gasteiger partial charge >= 0.3 is 0 Å². The van der Waals surface area contributed by atoms with Gasteiger partial charge in [-0.25, -0.2) is 0 Å². The van der Waals surface area contributed by atoms with Gasteiger partial charge in [-0.15, -0.1) is 0 Å². The zero-order chi connectivity index (χ0) is 12.2. The topological polar surface area (TPSA) is 34.1 Å². The van der Waals surface area contributed by atoms with Crippen LogP contribution in [0.4, 0.5) is 0 Å². The number of rotatable bonds is 11. The predicted octanol–water partition coefficient (Wildman–Crippen LogP) is 3.92. The van der Waals surface area contributed by atoms with Crippen LogP contribution < -0.4 is 0 Å². The normalized spacial score (nSPS) is 12.4. The molecule has 0 saturated heterocycles. The van der Waals surface area contributed by atoms with E-state index in [4.69, 9.17) is 0 Å². The lowest BCUT2D eigenvalue weighted by Gasteiger charge is -2.13. The molecule has 0 aromatic carbocycles. The van der Waals surface area contributed by atoms with Crippen molar-refractivity contribution in [1.29, 1.82) is 0 Å². The van der Waals surface area contributed by atoms with Crippen LogP contribution in [0.25, 0.3) is 0 Å². The van der Waals surface area contributed by atoms with Crippen LogP contribution in [-0.4, -0.2) is 12.1 Å². The Labute approximate surface area is 99.8 Å². The van der Waals surface area contributed by atoms with Crippen molar-refractivity contribution in [2.24, 2.45) is 5.92 Å². The van der Waals surface area contributed by atoms with E-state index in [2.05, 4.69) is 13.8 Å². The molecule has 0 aromatic heterocycles. The van der Waals surface area contributed by atoms with Gasteiger partial charge in [0, 0.05) is 5.92 Å². The fraction of sp³-hybridized carbons (Fsp3) is 0.857. The smallest absolute Gasteiger partial charge is 0.143 e. The average Bonchev–Trinajstić information content (AvgIpc) is 2.28. The van der Waals surface area contributed by atoms with Gasteiger partial charge < -0.3 is 4.79 Å². The number of hydrogen-bond donors (Lipinski definition) is 0. The summed E-state index contributed by atoms with van der Waals surface area (Å²) in [5.41, 5.74) is 0. The highest BCUT2D eigenvalue weighted by molar-refractivity contribution is 5.91. The molecular weight excluding hydrogens is 200 g/mol. The third kappa shape index (κ3) is 7.61. The Hall–Kier alpha value is -0.660. The molecule has 0 spiro atoms. The zero-order valence-corrected chi connectivity index (χ0v) is 10.8. The van der Waals surface area contributed by atoms with Gasteiger partial charge in [-0.1, -0.05) is 52.4 Å². The minimum Gasteiger partial charge on any atom is -0.303 e. The highest BCUT2D eigenvalue weighted by Gasteiger charge is 2.16. The molecule has 0 aliphatic carbocycles. The van der Waals surface area contributed by atoms with E-state index in [1.54, 1.807) is 0 Å². The van der Waals surface area contributed by atoms with Gasteiger partial charge in [0.25, 0.3) is 0 Å². The first-order valence-corrected chi connectivity index (χ1v) is 6.72. The Kier molecular flexibility index (Phi) is 10.4. The summed E-state index contributed by atoms with van der Waals surface area (Å²) in [4.78, 5) is 22.0. The molecule has 16 heavy (non-hydrogen) atoms. The van der Waals surface area contributed by atoms with Crippen LogP contribution in [0.1, 0.15) is 71.6 Å². The lowest BCUT2D eigenvalue weighted by molar-refractivity contribution is -0.125. The second kappa shape index (κ2) is 10.8. The zero-order valence-electron chi connectivity index (χ0n) is 10.8.